The molecule has 8 heteroatoms. The maximum atomic E-state index is 12.8. The largest absolute Gasteiger partial charge is 0.312 e. The molecule has 1 atom stereocenters. The molecular weight excluding hydrogens is 333 g/mol. The fourth-order valence-corrected chi connectivity index (χ4v) is 3.66. The Morgan fingerprint density at radius 1 is 1.33 bits per heavy atom. The van der Waals surface area contributed by atoms with Crippen LogP contribution in [0.25, 0.3) is 11.3 Å². The smallest absolute Gasteiger partial charge is 0.302 e. The molecule has 1 aromatic carbocycles. The van der Waals surface area contributed by atoms with Gasteiger partial charge in [0.25, 0.3) is 0 Å². The molecule has 1 aromatic heterocycles. The molecule has 0 spiro atoms. The van der Waals surface area contributed by atoms with Crippen molar-refractivity contribution in [1.82, 2.24) is 9.97 Å². The van der Waals surface area contributed by atoms with Crippen LogP contribution in [0.15, 0.2) is 36.5 Å². The summed E-state index contributed by atoms with van der Waals surface area (Å²) in [5.74, 6) is -0.722. The summed E-state index contributed by atoms with van der Waals surface area (Å²) in [7, 11) is -4.59. The minimum atomic E-state index is -4.59. The lowest BCUT2D eigenvalue weighted by Crippen LogP contribution is -2.25. The van der Waals surface area contributed by atoms with Gasteiger partial charge in [-0.25, -0.2) is 9.97 Å². The monoisotopic (exact) mass is 349 g/mol. The number of aryl methyl sites for hydroxylation is 1. The number of hydrogen-bond donors (Lipinski definition) is 0. The molecule has 0 aliphatic carbocycles. The van der Waals surface area contributed by atoms with Crippen molar-refractivity contribution in [3.63, 3.8) is 0 Å². The Morgan fingerprint density at radius 2 is 2.12 bits per heavy atom. The van der Waals surface area contributed by atoms with E-state index < -0.39 is 21.9 Å². The Morgan fingerprint density at radius 3 is 2.83 bits per heavy atom. The molecule has 3 rings (SSSR count). The van der Waals surface area contributed by atoms with Crippen molar-refractivity contribution in [2.24, 2.45) is 5.92 Å². The standard InChI is InChI=1S/C16H16FN3O3S/c1-11-18-6-5-15(19-11)13-3-2-4-14(8-13)20-9-12(7-16(20)21)10-24(17,22)23/h2-6,8,12H,7,9-10H2,1H3. The third-order valence-corrected chi connectivity index (χ3v) is 4.74. The summed E-state index contributed by atoms with van der Waals surface area (Å²) in [5, 5.41) is 0. The van der Waals surface area contributed by atoms with Gasteiger partial charge in [0.2, 0.25) is 5.91 Å². The molecule has 1 aliphatic heterocycles. The van der Waals surface area contributed by atoms with Crippen LogP contribution < -0.4 is 4.90 Å². The highest BCUT2D eigenvalue weighted by Gasteiger charge is 2.33. The fraction of sp³-hybridized carbons (Fsp3) is 0.312. The van der Waals surface area contributed by atoms with Crippen LogP contribution in [-0.4, -0.2) is 36.6 Å². The molecule has 1 unspecified atom stereocenters. The first kappa shape index (κ1) is 16.5. The van der Waals surface area contributed by atoms with Crippen molar-refractivity contribution >= 4 is 21.8 Å². The van der Waals surface area contributed by atoms with Gasteiger partial charge < -0.3 is 4.90 Å². The third-order valence-electron chi connectivity index (χ3n) is 3.87. The number of rotatable bonds is 4. The summed E-state index contributed by atoms with van der Waals surface area (Å²) in [6.45, 7) is 1.98. The van der Waals surface area contributed by atoms with Crippen LogP contribution in [0.2, 0.25) is 0 Å². The number of nitrogens with zero attached hydrogens (tertiary/aromatic N) is 3. The first-order valence-corrected chi connectivity index (χ1v) is 9.00. The third kappa shape index (κ3) is 3.76. The van der Waals surface area contributed by atoms with Crippen molar-refractivity contribution in [3.8, 4) is 11.3 Å². The van der Waals surface area contributed by atoms with E-state index in [9.17, 15) is 17.1 Å². The molecule has 2 aromatic rings. The Labute approximate surface area is 139 Å². The summed E-state index contributed by atoms with van der Waals surface area (Å²) < 4.78 is 34.4. The maximum absolute atomic E-state index is 12.8. The fourth-order valence-electron chi connectivity index (χ4n) is 2.87. The number of carbonyl (C=O) groups excluding carboxylic acids is 1. The summed E-state index contributed by atoms with van der Waals surface area (Å²) in [5.41, 5.74) is 2.21. The average Bonchev–Trinajstić information content (AvgIpc) is 2.86. The lowest BCUT2D eigenvalue weighted by atomic mass is 10.1. The van der Waals surface area contributed by atoms with Gasteiger partial charge in [-0.15, -0.1) is 3.89 Å². The lowest BCUT2D eigenvalue weighted by molar-refractivity contribution is -0.117. The van der Waals surface area contributed by atoms with E-state index in [1.807, 2.05) is 12.1 Å². The summed E-state index contributed by atoms with van der Waals surface area (Å²) >= 11 is 0. The Kier molecular flexibility index (Phi) is 4.31. The molecule has 0 bridgehead atoms. The number of aromatic nitrogens is 2. The zero-order valence-corrected chi connectivity index (χ0v) is 13.8. The Balaban J connectivity index is 1.85. The molecule has 24 heavy (non-hydrogen) atoms. The molecule has 1 fully saturated rings. The highest BCUT2D eigenvalue weighted by molar-refractivity contribution is 7.86. The van der Waals surface area contributed by atoms with Crippen molar-refractivity contribution in [2.45, 2.75) is 13.3 Å². The highest BCUT2D eigenvalue weighted by Crippen LogP contribution is 2.29. The van der Waals surface area contributed by atoms with E-state index in [2.05, 4.69) is 9.97 Å². The van der Waals surface area contributed by atoms with Gasteiger partial charge in [0.05, 0.1) is 11.4 Å². The Bertz CT molecular complexity index is 886. The Hall–Kier alpha value is -2.35. The zero-order valence-electron chi connectivity index (χ0n) is 13.0. The van der Waals surface area contributed by atoms with E-state index in [4.69, 9.17) is 0 Å². The van der Waals surface area contributed by atoms with Gasteiger partial charge in [-0.3, -0.25) is 4.79 Å². The summed E-state index contributed by atoms with van der Waals surface area (Å²) in [4.78, 5) is 22.1. The molecule has 1 saturated heterocycles. The molecule has 126 valence electrons. The number of anilines is 1. The van der Waals surface area contributed by atoms with Gasteiger partial charge in [-0.05, 0) is 25.1 Å². The minimum absolute atomic E-state index is 0.0278. The van der Waals surface area contributed by atoms with Crippen LogP contribution in [0.5, 0.6) is 0 Å². The van der Waals surface area contributed by atoms with E-state index >= 15 is 0 Å². The minimum Gasteiger partial charge on any atom is -0.312 e. The summed E-state index contributed by atoms with van der Waals surface area (Å²) in [6, 6.07) is 9.02. The molecule has 0 N–H and O–H groups in total. The second-order valence-corrected chi connectivity index (χ2v) is 7.23. The van der Waals surface area contributed by atoms with E-state index in [-0.39, 0.29) is 18.9 Å². The normalized spacial score (nSPS) is 18.2. The summed E-state index contributed by atoms with van der Waals surface area (Å²) in [6.07, 6.45) is 1.69. The van der Waals surface area contributed by atoms with Crippen LogP contribution in [0, 0.1) is 12.8 Å². The van der Waals surface area contributed by atoms with Gasteiger partial charge in [0.1, 0.15) is 5.82 Å². The molecule has 0 radical (unpaired) electrons. The number of carbonyl (C=O) groups is 1. The lowest BCUT2D eigenvalue weighted by Gasteiger charge is -2.17. The second-order valence-electron chi connectivity index (χ2n) is 5.82. The van der Waals surface area contributed by atoms with Crippen molar-refractivity contribution < 1.29 is 17.1 Å². The van der Waals surface area contributed by atoms with Crippen LogP contribution >= 0.6 is 0 Å². The quantitative estimate of drug-likeness (QED) is 0.790. The van der Waals surface area contributed by atoms with E-state index in [0.717, 1.165) is 11.3 Å². The van der Waals surface area contributed by atoms with Crippen LogP contribution in [0.1, 0.15) is 12.2 Å². The van der Waals surface area contributed by atoms with E-state index in [0.29, 0.717) is 11.5 Å². The molecule has 0 saturated carbocycles. The van der Waals surface area contributed by atoms with Gasteiger partial charge in [-0.1, -0.05) is 12.1 Å². The molecule has 6 nitrogen and oxygen atoms in total. The van der Waals surface area contributed by atoms with Crippen LogP contribution in [-0.2, 0) is 15.0 Å². The molecule has 2 heterocycles. The van der Waals surface area contributed by atoms with Gasteiger partial charge in [-0.2, -0.15) is 8.42 Å². The van der Waals surface area contributed by atoms with E-state index in [1.54, 1.807) is 31.3 Å². The first-order chi connectivity index (χ1) is 11.3. The molecule has 1 aliphatic rings. The SMILES string of the molecule is Cc1nccc(-c2cccc(N3CC(CS(=O)(=O)F)CC3=O)c2)n1. The molecular formula is C16H16FN3O3S. The van der Waals surface area contributed by atoms with Gasteiger partial charge in [0, 0.05) is 36.3 Å². The van der Waals surface area contributed by atoms with Crippen LogP contribution in [0.3, 0.4) is 0 Å². The van der Waals surface area contributed by atoms with E-state index in [1.165, 1.54) is 4.90 Å². The zero-order chi connectivity index (χ0) is 17.3. The van der Waals surface area contributed by atoms with Crippen molar-refractivity contribution in [3.05, 3.63) is 42.4 Å². The number of amides is 1. The van der Waals surface area contributed by atoms with Gasteiger partial charge in [0.15, 0.2) is 0 Å². The van der Waals surface area contributed by atoms with Crippen molar-refractivity contribution in [1.29, 1.82) is 0 Å². The predicted octanol–water partition coefficient (Wildman–Crippen LogP) is 2.10. The highest BCUT2D eigenvalue weighted by atomic mass is 32.3. The van der Waals surface area contributed by atoms with Crippen molar-refractivity contribution in [2.75, 3.05) is 17.2 Å². The number of hydrogen-bond acceptors (Lipinski definition) is 5. The second kappa shape index (κ2) is 6.27. The number of halogens is 1. The molecule has 1 amide bonds. The topological polar surface area (TPSA) is 80.2 Å². The first-order valence-electron chi connectivity index (χ1n) is 7.44. The van der Waals surface area contributed by atoms with Gasteiger partial charge >= 0.3 is 10.2 Å². The maximum Gasteiger partial charge on any atom is 0.302 e. The average molecular weight is 349 g/mol. The number of benzene rings is 1. The predicted molar refractivity (Wildman–Crippen MR) is 87.6 cm³/mol. The van der Waals surface area contributed by atoms with Crippen LogP contribution in [0.4, 0.5) is 9.57 Å².